The summed E-state index contributed by atoms with van der Waals surface area (Å²) in [5, 5.41) is 9.32. The zero-order chi connectivity index (χ0) is 16.8. The number of ether oxygens (including phenoxy) is 1. The van der Waals surface area contributed by atoms with E-state index in [0.717, 1.165) is 21.5 Å². The van der Waals surface area contributed by atoms with E-state index in [4.69, 9.17) is 4.74 Å². The highest BCUT2D eigenvalue weighted by Crippen LogP contribution is 2.31. The van der Waals surface area contributed by atoms with Crippen LogP contribution in [0.15, 0.2) is 35.1 Å². The van der Waals surface area contributed by atoms with Gasteiger partial charge < -0.3 is 4.74 Å². The summed E-state index contributed by atoms with van der Waals surface area (Å²) in [5.74, 6) is 0.569. The van der Waals surface area contributed by atoms with Gasteiger partial charge in [0.15, 0.2) is 0 Å². The summed E-state index contributed by atoms with van der Waals surface area (Å²) in [4.78, 5) is 18.3. The van der Waals surface area contributed by atoms with Crippen molar-refractivity contribution in [1.29, 1.82) is 0 Å². The van der Waals surface area contributed by atoms with E-state index in [0.29, 0.717) is 21.7 Å². The molecule has 4 rings (SSSR count). The number of thiophene rings is 1. The molecule has 0 unspecified atom stereocenters. The number of fused-ring (bicyclic) bond motifs is 3. The third kappa shape index (κ3) is 2.09. The first-order chi connectivity index (χ1) is 11.6. The highest BCUT2D eigenvalue weighted by atomic mass is 32.1. The fourth-order valence-electron chi connectivity index (χ4n) is 2.85. The van der Waals surface area contributed by atoms with E-state index in [1.807, 2.05) is 32.0 Å². The van der Waals surface area contributed by atoms with Crippen LogP contribution in [-0.4, -0.2) is 27.1 Å². The van der Waals surface area contributed by atoms with Gasteiger partial charge in [0.25, 0.3) is 5.56 Å². The van der Waals surface area contributed by atoms with E-state index >= 15 is 0 Å². The van der Waals surface area contributed by atoms with Crippen molar-refractivity contribution in [2.45, 2.75) is 13.8 Å². The summed E-state index contributed by atoms with van der Waals surface area (Å²) in [6.07, 6.45) is 0. The second-order valence-electron chi connectivity index (χ2n) is 5.52. The van der Waals surface area contributed by atoms with Crippen LogP contribution in [0.5, 0.6) is 5.75 Å². The molecule has 0 bridgehead atoms. The third-order valence-electron chi connectivity index (χ3n) is 3.90. The summed E-state index contributed by atoms with van der Waals surface area (Å²) < 4.78 is 7.15. The molecule has 0 amide bonds. The molecule has 0 radical (unpaired) electrons. The average Bonchev–Trinajstić information content (AvgIpc) is 2.94. The molecule has 0 aliphatic heterocycles. The van der Waals surface area contributed by atoms with Gasteiger partial charge in [-0.05, 0) is 37.6 Å². The Morgan fingerprint density at radius 3 is 2.79 bits per heavy atom. The maximum absolute atomic E-state index is 13.0. The van der Waals surface area contributed by atoms with Crippen molar-refractivity contribution in [3.05, 3.63) is 51.9 Å². The number of rotatable bonds is 2. The van der Waals surface area contributed by atoms with Crippen molar-refractivity contribution < 1.29 is 4.74 Å². The molecule has 0 aliphatic rings. The van der Waals surface area contributed by atoms with Gasteiger partial charge in [-0.3, -0.25) is 4.79 Å². The Balaban J connectivity index is 2.08. The Bertz CT molecular complexity index is 1150. The van der Waals surface area contributed by atoms with Crippen LogP contribution in [0.25, 0.3) is 26.1 Å². The molecule has 0 fully saturated rings. The van der Waals surface area contributed by atoms with Crippen molar-refractivity contribution in [2.24, 2.45) is 0 Å². The number of pyridine rings is 1. The minimum Gasteiger partial charge on any atom is -0.494 e. The monoisotopic (exact) mass is 338 g/mol. The molecule has 7 heteroatoms. The van der Waals surface area contributed by atoms with Gasteiger partial charge >= 0.3 is 0 Å². The summed E-state index contributed by atoms with van der Waals surface area (Å²) >= 11 is 1.35. The van der Waals surface area contributed by atoms with Gasteiger partial charge in [-0.15, -0.1) is 16.4 Å². The third-order valence-corrected chi connectivity index (χ3v) is 4.96. The van der Waals surface area contributed by atoms with Gasteiger partial charge in [0.05, 0.1) is 7.11 Å². The smallest absolute Gasteiger partial charge is 0.292 e. The second kappa shape index (κ2) is 5.38. The predicted molar refractivity (Wildman–Crippen MR) is 94.3 cm³/mol. The lowest BCUT2D eigenvalue weighted by Crippen LogP contribution is -2.22. The molecular formula is C17H14N4O2S. The molecule has 0 N–H and O–H groups in total. The van der Waals surface area contributed by atoms with Crippen LogP contribution in [-0.2, 0) is 0 Å². The van der Waals surface area contributed by atoms with Gasteiger partial charge in [0, 0.05) is 11.1 Å². The van der Waals surface area contributed by atoms with Crippen LogP contribution >= 0.6 is 11.3 Å². The minimum absolute atomic E-state index is 0.218. The molecule has 3 aromatic heterocycles. The number of para-hydroxylation sites is 2. The van der Waals surface area contributed by atoms with Gasteiger partial charge in [0.2, 0.25) is 0 Å². The summed E-state index contributed by atoms with van der Waals surface area (Å²) in [5.41, 5.74) is 2.93. The van der Waals surface area contributed by atoms with E-state index in [2.05, 4.69) is 15.3 Å². The predicted octanol–water partition coefficient (Wildman–Crippen LogP) is 3.02. The van der Waals surface area contributed by atoms with Gasteiger partial charge in [-0.25, -0.2) is 4.98 Å². The minimum atomic E-state index is -0.218. The Labute approximate surface area is 141 Å². The van der Waals surface area contributed by atoms with Crippen molar-refractivity contribution in [3.8, 4) is 11.4 Å². The van der Waals surface area contributed by atoms with Crippen molar-refractivity contribution in [2.75, 3.05) is 7.11 Å². The van der Waals surface area contributed by atoms with E-state index in [-0.39, 0.29) is 5.56 Å². The largest absolute Gasteiger partial charge is 0.494 e. The Morgan fingerprint density at radius 1 is 1.21 bits per heavy atom. The highest BCUT2D eigenvalue weighted by molar-refractivity contribution is 7.25. The zero-order valence-electron chi connectivity index (χ0n) is 13.4. The highest BCUT2D eigenvalue weighted by Gasteiger charge is 2.17. The Hall–Kier alpha value is -2.80. The lowest BCUT2D eigenvalue weighted by Gasteiger charge is -2.08. The van der Waals surface area contributed by atoms with Crippen molar-refractivity contribution in [3.63, 3.8) is 0 Å². The molecule has 6 nitrogen and oxygen atoms in total. The topological polar surface area (TPSA) is 69.9 Å². The van der Waals surface area contributed by atoms with Gasteiger partial charge in [0.1, 0.15) is 26.5 Å². The molecule has 0 spiro atoms. The SMILES string of the molecule is COc1ccccc1-n1nnc2c(sc3nc(C)cc(C)c32)c1=O. The molecular weight excluding hydrogens is 324 g/mol. The summed E-state index contributed by atoms with van der Waals surface area (Å²) in [6, 6.07) is 9.22. The first-order valence-corrected chi connectivity index (χ1v) is 8.21. The maximum Gasteiger partial charge on any atom is 0.292 e. The molecule has 3 heterocycles. The van der Waals surface area contributed by atoms with Crippen LogP contribution < -0.4 is 10.3 Å². The molecule has 4 aromatic rings. The van der Waals surface area contributed by atoms with Crippen LogP contribution in [0.1, 0.15) is 11.3 Å². The molecule has 0 atom stereocenters. The molecule has 0 saturated carbocycles. The van der Waals surface area contributed by atoms with Crippen molar-refractivity contribution >= 4 is 31.8 Å². The number of methoxy groups -OCH3 is 1. The lowest BCUT2D eigenvalue weighted by atomic mass is 10.1. The van der Waals surface area contributed by atoms with E-state index in [1.165, 1.54) is 16.0 Å². The van der Waals surface area contributed by atoms with Gasteiger partial charge in [-0.1, -0.05) is 17.3 Å². The number of aryl methyl sites for hydroxylation is 2. The number of hydrogen-bond donors (Lipinski definition) is 0. The standard InChI is InChI=1S/C17H14N4O2S/c1-9-8-10(2)18-16-13(9)14-15(24-16)17(22)21(20-19-14)11-6-4-5-7-12(11)23-3/h4-8H,1-3H3. The van der Waals surface area contributed by atoms with Crippen LogP contribution in [0.4, 0.5) is 0 Å². The normalized spacial score (nSPS) is 11.3. The lowest BCUT2D eigenvalue weighted by molar-refractivity contribution is 0.410. The quantitative estimate of drug-likeness (QED) is 0.562. The van der Waals surface area contributed by atoms with Crippen LogP contribution in [0.2, 0.25) is 0 Å². The Kier molecular flexibility index (Phi) is 3.31. The fraction of sp³-hybridized carbons (Fsp3) is 0.176. The summed E-state index contributed by atoms with van der Waals surface area (Å²) in [6.45, 7) is 3.94. The second-order valence-corrected chi connectivity index (χ2v) is 6.52. The fourth-order valence-corrected chi connectivity index (χ4v) is 4.01. The van der Waals surface area contributed by atoms with Crippen LogP contribution in [0, 0.1) is 13.8 Å². The first-order valence-electron chi connectivity index (χ1n) is 7.40. The number of hydrogen-bond acceptors (Lipinski definition) is 6. The molecule has 0 saturated heterocycles. The van der Waals surface area contributed by atoms with E-state index in [9.17, 15) is 4.79 Å². The maximum atomic E-state index is 13.0. The summed E-state index contributed by atoms with van der Waals surface area (Å²) in [7, 11) is 1.56. The van der Waals surface area contributed by atoms with E-state index < -0.39 is 0 Å². The van der Waals surface area contributed by atoms with Gasteiger partial charge in [-0.2, -0.15) is 4.68 Å². The molecule has 120 valence electrons. The number of benzene rings is 1. The van der Waals surface area contributed by atoms with Crippen LogP contribution in [0.3, 0.4) is 0 Å². The molecule has 1 aromatic carbocycles. The van der Waals surface area contributed by atoms with E-state index in [1.54, 1.807) is 19.2 Å². The number of nitrogens with zero attached hydrogens (tertiary/aromatic N) is 4. The number of aromatic nitrogens is 4. The van der Waals surface area contributed by atoms with Crippen molar-refractivity contribution in [1.82, 2.24) is 20.0 Å². The molecule has 24 heavy (non-hydrogen) atoms. The first kappa shape index (κ1) is 14.8. The Morgan fingerprint density at radius 2 is 2.00 bits per heavy atom. The molecule has 0 aliphatic carbocycles. The zero-order valence-corrected chi connectivity index (χ0v) is 14.2. The average molecular weight is 338 g/mol.